The summed E-state index contributed by atoms with van der Waals surface area (Å²) in [4.78, 5) is 0. The van der Waals surface area contributed by atoms with Crippen molar-refractivity contribution >= 4 is 0 Å². The molecule has 0 spiro atoms. The first-order valence-corrected chi connectivity index (χ1v) is 3.73. The fourth-order valence-electron chi connectivity index (χ4n) is 0.319. The van der Waals surface area contributed by atoms with Gasteiger partial charge in [-0.15, -0.1) is 0 Å². The third-order valence-corrected chi connectivity index (χ3v) is 0.638. The first kappa shape index (κ1) is 12.7. The van der Waals surface area contributed by atoms with E-state index in [0.29, 0.717) is 5.70 Å². The summed E-state index contributed by atoms with van der Waals surface area (Å²) in [5.41, 5.74) is 6.71. The second-order valence-corrected chi connectivity index (χ2v) is 2.50. The zero-order valence-corrected chi connectivity index (χ0v) is 7.85. The summed E-state index contributed by atoms with van der Waals surface area (Å²) in [7, 11) is 0. The lowest BCUT2D eigenvalue weighted by molar-refractivity contribution is 1.22. The number of rotatable bonds is 2. The van der Waals surface area contributed by atoms with E-state index in [4.69, 9.17) is 5.73 Å². The lowest BCUT2D eigenvalue weighted by Crippen LogP contribution is -1.83. The number of nitrogens with two attached hydrogens (primary N) is 1. The van der Waals surface area contributed by atoms with Crippen LogP contribution in [0.25, 0.3) is 0 Å². The Kier molecular flexibility index (Phi) is 10.4. The summed E-state index contributed by atoms with van der Waals surface area (Å²) in [6.45, 7) is 12.9. The van der Waals surface area contributed by atoms with Crippen LogP contribution >= 0.6 is 0 Å². The van der Waals surface area contributed by atoms with Crippen LogP contribution in [0.2, 0.25) is 0 Å². The third-order valence-electron chi connectivity index (χ3n) is 0.638. The Balaban J connectivity index is 0. The molecule has 0 rings (SSSR count). The molecule has 0 radical (unpaired) electrons. The molecule has 0 fully saturated rings. The Morgan fingerprint density at radius 2 is 1.73 bits per heavy atom. The molecule has 0 aromatic heterocycles. The first-order valence-electron chi connectivity index (χ1n) is 3.73. The van der Waals surface area contributed by atoms with Gasteiger partial charge in [-0.05, 0) is 26.0 Å². The molecule has 0 amide bonds. The van der Waals surface area contributed by atoms with Crippen molar-refractivity contribution in [3.63, 3.8) is 0 Å². The van der Waals surface area contributed by atoms with Crippen LogP contribution in [-0.2, 0) is 0 Å². The highest BCUT2D eigenvalue weighted by Gasteiger charge is 1.67. The fourth-order valence-corrected chi connectivity index (χ4v) is 0.319. The summed E-state index contributed by atoms with van der Waals surface area (Å²) < 4.78 is 0. The molecular formula is C10H19N. The monoisotopic (exact) mass is 153 g/mol. The van der Waals surface area contributed by atoms with Gasteiger partial charge >= 0.3 is 0 Å². The standard InChI is InChI=1S/C7H12.C3H7N/c1-4-5-6-7(2)3;1-3(2)4/h5-6H,2,4H2,1,3H3;1,4H2,2H3/b6-5+;. The predicted molar refractivity (Wildman–Crippen MR) is 53.2 cm³/mol. The van der Waals surface area contributed by atoms with E-state index in [0.717, 1.165) is 12.0 Å². The Labute approximate surface area is 70.3 Å². The minimum atomic E-state index is 0.667. The second-order valence-electron chi connectivity index (χ2n) is 2.50. The predicted octanol–water partition coefficient (Wildman–Crippen LogP) is 3.01. The van der Waals surface area contributed by atoms with Crippen molar-refractivity contribution in [2.75, 3.05) is 0 Å². The number of hydrogen-bond acceptors (Lipinski definition) is 1. The maximum atomic E-state index is 4.92. The zero-order chi connectivity index (χ0) is 9.28. The van der Waals surface area contributed by atoms with E-state index in [2.05, 4.69) is 26.2 Å². The zero-order valence-electron chi connectivity index (χ0n) is 7.85. The molecule has 0 aliphatic rings. The van der Waals surface area contributed by atoms with Crippen LogP contribution in [0.3, 0.4) is 0 Å². The minimum absolute atomic E-state index is 0.667. The molecule has 0 aromatic rings. The van der Waals surface area contributed by atoms with Gasteiger partial charge in [-0.1, -0.05) is 37.8 Å². The van der Waals surface area contributed by atoms with E-state index in [-0.39, 0.29) is 0 Å². The van der Waals surface area contributed by atoms with E-state index in [1.165, 1.54) is 0 Å². The highest BCUT2D eigenvalue weighted by atomic mass is 14.5. The first-order chi connectivity index (χ1) is 5.00. The third kappa shape index (κ3) is 48.7. The van der Waals surface area contributed by atoms with Gasteiger partial charge in [0.15, 0.2) is 0 Å². The van der Waals surface area contributed by atoms with Crippen LogP contribution in [0.4, 0.5) is 0 Å². The summed E-state index contributed by atoms with van der Waals surface area (Å²) in [6, 6.07) is 0. The SMILES string of the molecule is C=C(C)/C=C/CC.C=C(C)N. The maximum Gasteiger partial charge on any atom is -0.00242 e. The van der Waals surface area contributed by atoms with Crippen molar-refractivity contribution < 1.29 is 0 Å². The molecule has 1 heteroatoms. The lowest BCUT2D eigenvalue weighted by atomic mass is 10.3. The Morgan fingerprint density at radius 3 is 1.82 bits per heavy atom. The van der Waals surface area contributed by atoms with Gasteiger partial charge in [0, 0.05) is 0 Å². The Bertz CT molecular complexity index is 139. The quantitative estimate of drug-likeness (QED) is 0.606. The molecule has 0 aliphatic heterocycles. The summed E-state index contributed by atoms with van der Waals surface area (Å²) in [6.07, 6.45) is 5.23. The van der Waals surface area contributed by atoms with Crippen molar-refractivity contribution in [2.24, 2.45) is 5.73 Å². The molecule has 0 saturated heterocycles. The van der Waals surface area contributed by atoms with E-state index in [1.807, 2.05) is 13.0 Å². The van der Waals surface area contributed by atoms with Crippen LogP contribution in [0.5, 0.6) is 0 Å². The molecule has 2 N–H and O–H groups in total. The molecule has 0 bridgehead atoms. The van der Waals surface area contributed by atoms with Gasteiger partial charge in [0.1, 0.15) is 0 Å². The Hall–Kier alpha value is -0.980. The van der Waals surface area contributed by atoms with E-state index < -0.39 is 0 Å². The van der Waals surface area contributed by atoms with Gasteiger partial charge in [0.25, 0.3) is 0 Å². The fraction of sp³-hybridized carbons (Fsp3) is 0.400. The van der Waals surface area contributed by atoms with Crippen molar-refractivity contribution in [3.05, 3.63) is 36.6 Å². The van der Waals surface area contributed by atoms with Crippen molar-refractivity contribution in [1.82, 2.24) is 0 Å². The molecule has 0 heterocycles. The summed E-state index contributed by atoms with van der Waals surface area (Å²) in [5, 5.41) is 0. The van der Waals surface area contributed by atoms with E-state index in [1.54, 1.807) is 6.92 Å². The topological polar surface area (TPSA) is 26.0 Å². The smallest absolute Gasteiger partial charge is 0.00242 e. The average Bonchev–Trinajstić information content (AvgIpc) is 1.82. The van der Waals surface area contributed by atoms with Crippen molar-refractivity contribution in [1.29, 1.82) is 0 Å². The van der Waals surface area contributed by atoms with Gasteiger partial charge in [-0.2, -0.15) is 0 Å². The van der Waals surface area contributed by atoms with Crippen LogP contribution in [0, 0.1) is 0 Å². The summed E-state index contributed by atoms with van der Waals surface area (Å²) in [5.74, 6) is 0. The van der Waals surface area contributed by atoms with Crippen LogP contribution in [0.1, 0.15) is 27.2 Å². The van der Waals surface area contributed by atoms with Gasteiger partial charge in [0.2, 0.25) is 0 Å². The summed E-state index contributed by atoms with van der Waals surface area (Å²) >= 11 is 0. The van der Waals surface area contributed by atoms with Crippen molar-refractivity contribution in [3.8, 4) is 0 Å². The molecule has 64 valence electrons. The molecule has 0 unspecified atom stereocenters. The lowest BCUT2D eigenvalue weighted by Gasteiger charge is -1.79. The highest BCUT2D eigenvalue weighted by molar-refractivity contribution is 5.10. The molecule has 0 aromatic carbocycles. The second kappa shape index (κ2) is 9.02. The van der Waals surface area contributed by atoms with Gasteiger partial charge < -0.3 is 5.73 Å². The van der Waals surface area contributed by atoms with Crippen LogP contribution in [0.15, 0.2) is 36.6 Å². The largest absolute Gasteiger partial charge is 0.403 e. The molecule has 0 atom stereocenters. The molecule has 0 saturated carbocycles. The minimum Gasteiger partial charge on any atom is -0.403 e. The average molecular weight is 153 g/mol. The molecule has 1 nitrogen and oxygen atoms in total. The number of hydrogen-bond donors (Lipinski definition) is 1. The number of allylic oxidation sites excluding steroid dienone is 4. The van der Waals surface area contributed by atoms with Gasteiger partial charge in [-0.3, -0.25) is 0 Å². The van der Waals surface area contributed by atoms with Gasteiger partial charge in [-0.25, -0.2) is 0 Å². The molecule has 11 heavy (non-hydrogen) atoms. The van der Waals surface area contributed by atoms with Crippen LogP contribution < -0.4 is 5.73 Å². The van der Waals surface area contributed by atoms with Crippen LogP contribution in [-0.4, -0.2) is 0 Å². The molecular weight excluding hydrogens is 134 g/mol. The van der Waals surface area contributed by atoms with Crippen molar-refractivity contribution in [2.45, 2.75) is 27.2 Å². The van der Waals surface area contributed by atoms with E-state index >= 15 is 0 Å². The molecule has 0 aliphatic carbocycles. The van der Waals surface area contributed by atoms with E-state index in [9.17, 15) is 0 Å². The van der Waals surface area contributed by atoms with Gasteiger partial charge in [0.05, 0.1) is 0 Å². The normalized spacial score (nSPS) is 8.64. The maximum absolute atomic E-state index is 4.92. The Morgan fingerprint density at radius 1 is 1.36 bits per heavy atom. The highest BCUT2D eigenvalue weighted by Crippen LogP contribution is 1.89.